The minimum atomic E-state index is -4.59. The molecule has 0 aliphatic rings. The number of ether oxygens (including phenoxy) is 1. The molecule has 0 spiro atoms. The van der Waals surface area contributed by atoms with Gasteiger partial charge in [-0.25, -0.2) is 9.18 Å². The van der Waals surface area contributed by atoms with Crippen molar-refractivity contribution in [2.75, 3.05) is 12.3 Å². The van der Waals surface area contributed by atoms with Gasteiger partial charge in [-0.05, 0) is 24.3 Å². The van der Waals surface area contributed by atoms with Gasteiger partial charge in [0.05, 0.1) is 11.1 Å². The van der Waals surface area contributed by atoms with Gasteiger partial charge in [0, 0.05) is 17.8 Å². The topological polar surface area (TPSA) is 81.4 Å². The summed E-state index contributed by atoms with van der Waals surface area (Å²) in [5.74, 6) is -2.24. The predicted octanol–water partition coefficient (Wildman–Crippen LogP) is 2.90. The number of benzene rings is 2. The van der Waals surface area contributed by atoms with Crippen LogP contribution in [0.25, 0.3) is 0 Å². The number of halogens is 4. The van der Waals surface area contributed by atoms with Crippen LogP contribution in [0.4, 0.5) is 23.2 Å². The highest BCUT2D eigenvalue weighted by Gasteiger charge is 2.31. The number of hydrogen-bond acceptors (Lipinski definition) is 4. The molecule has 2 aromatic carbocycles. The Balaban J connectivity index is 1.90. The van der Waals surface area contributed by atoms with Crippen molar-refractivity contribution in [3.05, 3.63) is 65.0 Å². The van der Waals surface area contributed by atoms with Crippen LogP contribution in [0.1, 0.15) is 21.5 Å². The van der Waals surface area contributed by atoms with Crippen LogP contribution in [-0.2, 0) is 22.3 Å². The third-order valence-corrected chi connectivity index (χ3v) is 3.37. The predicted molar refractivity (Wildman–Crippen MR) is 84.4 cm³/mol. The quantitative estimate of drug-likeness (QED) is 0.482. The number of alkyl halides is 3. The first kappa shape index (κ1) is 19.2. The number of nitrogen functional groups attached to an aromatic ring is 1. The van der Waals surface area contributed by atoms with E-state index in [-0.39, 0.29) is 17.7 Å². The fraction of sp³-hybridized carbons (Fsp3) is 0.176. The normalized spacial score (nSPS) is 11.1. The Bertz CT molecular complexity index is 822. The Morgan fingerprint density at radius 3 is 2.42 bits per heavy atom. The molecule has 0 aromatic heterocycles. The number of nitrogens with two attached hydrogens (primary N) is 1. The summed E-state index contributed by atoms with van der Waals surface area (Å²) in [5.41, 5.74) is 3.97. The molecular formula is C17H14F4N2O3. The number of hydrogen-bond donors (Lipinski definition) is 2. The summed E-state index contributed by atoms with van der Waals surface area (Å²) < 4.78 is 55.8. The van der Waals surface area contributed by atoms with Crippen molar-refractivity contribution in [3.8, 4) is 0 Å². The van der Waals surface area contributed by atoms with Gasteiger partial charge in [-0.3, -0.25) is 4.79 Å². The van der Waals surface area contributed by atoms with Crippen LogP contribution in [0.3, 0.4) is 0 Å². The number of carbonyl (C=O) groups excluding carboxylic acids is 2. The summed E-state index contributed by atoms with van der Waals surface area (Å²) >= 11 is 0. The molecule has 0 unspecified atom stereocenters. The molecule has 0 heterocycles. The third kappa shape index (κ3) is 4.95. The average Bonchev–Trinajstić information content (AvgIpc) is 2.58. The SMILES string of the molecule is Nc1cc(C(F)(F)F)ccc1C(=O)OCC(=O)NCc1ccccc1F. The van der Waals surface area contributed by atoms with Crippen molar-refractivity contribution in [1.29, 1.82) is 0 Å². The summed E-state index contributed by atoms with van der Waals surface area (Å²) in [6.45, 7) is -0.792. The zero-order valence-electron chi connectivity index (χ0n) is 13.3. The van der Waals surface area contributed by atoms with Crippen LogP contribution in [0.15, 0.2) is 42.5 Å². The molecule has 9 heteroatoms. The number of amides is 1. The maximum Gasteiger partial charge on any atom is 0.416 e. The van der Waals surface area contributed by atoms with E-state index in [2.05, 4.69) is 5.32 Å². The molecule has 0 aliphatic heterocycles. The maximum atomic E-state index is 13.4. The van der Waals surface area contributed by atoms with Gasteiger partial charge in [0.1, 0.15) is 5.82 Å². The second-order valence-corrected chi connectivity index (χ2v) is 5.24. The number of anilines is 1. The third-order valence-electron chi connectivity index (χ3n) is 3.37. The summed E-state index contributed by atoms with van der Waals surface area (Å²) in [7, 11) is 0. The highest BCUT2D eigenvalue weighted by Crippen LogP contribution is 2.31. The monoisotopic (exact) mass is 370 g/mol. The van der Waals surface area contributed by atoms with E-state index < -0.39 is 41.7 Å². The zero-order chi connectivity index (χ0) is 19.3. The van der Waals surface area contributed by atoms with E-state index >= 15 is 0 Å². The van der Waals surface area contributed by atoms with Gasteiger partial charge in [-0.1, -0.05) is 18.2 Å². The molecule has 5 nitrogen and oxygen atoms in total. The second-order valence-electron chi connectivity index (χ2n) is 5.24. The lowest BCUT2D eigenvalue weighted by atomic mass is 10.1. The van der Waals surface area contributed by atoms with Crippen molar-refractivity contribution >= 4 is 17.6 Å². The molecule has 26 heavy (non-hydrogen) atoms. The van der Waals surface area contributed by atoms with E-state index in [1.54, 1.807) is 6.07 Å². The van der Waals surface area contributed by atoms with E-state index in [0.29, 0.717) is 12.1 Å². The molecule has 0 radical (unpaired) electrons. The van der Waals surface area contributed by atoms with Gasteiger partial charge in [-0.15, -0.1) is 0 Å². The maximum absolute atomic E-state index is 13.4. The first-order valence-corrected chi connectivity index (χ1v) is 7.32. The summed E-state index contributed by atoms with van der Waals surface area (Å²) in [6.07, 6.45) is -4.59. The molecular weight excluding hydrogens is 356 g/mol. The van der Waals surface area contributed by atoms with E-state index in [1.807, 2.05) is 0 Å². The second kappa shape index (κ2) is 7.85. The van der Waals surface area contributed by atoms with E-state index in [9.17, 15) is 27.2 Å². The molecule has 0 saturated heterocycles. The minimum absolute atomic E-state index is 0.106. The van der Waals surface area contributed by atoms with Gasteiger partial charge in [0.25, 0.3) is 5.91 Å². The van der Waals surface area contributed by atoms with Gasteiger partial charge in [0.2, 0.25) is 0 Å². The van der Waals surface area contributed by atoms with Crippen molar-refractivity contribution in [2.45, 2.75) is 12.7 Å². The fourth-order valence-electron chi connectivity index (χ4n) is 2.02. The standard InChI is InChI=1S/C17H14F4N2O3/c18-13-4-2-1-3-10(13)8-23-15(24)9-26-16(25)12-6-5-11(7-14(12)22)17(19,20)21/h1-7H,8-9,22H2,(H,23,24). The summed E-state index contributed by atoms with van der Waals surface area (Å²) in [4.78, 5) is 23.5. The van der Waals surface area contributed by atoms with Gasteiger partial charge < -0.3 is 15.8 Å². The lowest BCUT2D eigenvalue weighted by Crippen LogP contribution is -2.28. The molecule has 2 aromatic rings. The molecule has 0 aliphatic carbocycles. The Hall–Kier alpha value is -3.10. The van der Waals surface area contributed by atoms with Gasteiger partial charge >= 0.3 is 12.1 Å². The van der Waals surface area contributed by atoms with Crippen molar-refractivity contribution in [3.63, 3.8) is 0 Å². The first-order valence-electron chi connectivity index (χ1n) is 7.32. The largest absolute Gasteiger partial charge is 0.452 e. The van der Waals surface area contributed by atoms with E-state index in [4.69, 9.17) is 10.5 Å². The van der Waals surface area contributed by atoms with Crippen LogP contribution in [0.2, 0.25) is 0 Å². The molecule has 0 saturated carbocycles. The van der Waals surface area contributed by atoms with Crippen molar-refractivity contribution < 1.29 is 31.9 Å². The van der Waals surface area contributed by atoms with Crippen molar-refractivity contribution in [2.24, 2.45) is 0 Å². The van der Waals surface area contributed by atoms with Crippen molar-refractivity contribution in [1.82, 2.24) is 5.32 Å². The lowest BCUT2D eigenvalue weighted by Gasteiger charge is -2.11. The summed E-state index contributed by atoms with van der Waals surface area (Å²) in [6, 6.07) is 7.96. The van der Waals surface area contributed by atoms with E-state index in [0.717, 1.165) is 6.07 Å². The molecule has 138 valence electrons. The fourth-order valence-corrected chi connectivity index (χ4v) is 2.02. The smallest absolute Gasteiger partial charge is 0.416 e. The number of esters is 1. The Labute approximate surface area is 145 Å². The Morgan fingerprint density at radius 1 is 1.12 bits per heavy atom. The van der Waals surface area contributed by atoms with Gasteiger partial charge in [-0.2, -0.15) is 13.2 Å². The highest BCUT2D eigenvalue weighted by molar-refractivity contribution is 5.96. The summed E-state index contributed by atoms with van der Waals surface area (Å²) in [5, 5.41) is 2.35. The number of carbonyl (C=O) groups is 2. The van der Waals surface area contributed by atoms with Crippen LogP contribution in [0, 0.1) is 5.82 Å². The van der Waals surface area contributed by atoms with Crippen LogP contribution in [-0.4, -0.2) is 18.5 Å². The first-order chi connectivity index (χ1) is 12.2. The molecule has 3 N–H and O–H groups in total. The Kier molecular flexibility index (Phi) is 5.81. The highest BCUT2D eigenvalue weighted by atomic mass is 19.4. The lowest BCUT2D eigenvalue weighted by molar-refractivity contribution is -0.137. The van der Waals surface area contributed by atoms with Crippen LogP contribution >= 0.6 is 0 Å². The zero-order valence-corrected chi connectivity index (χ0v) is 13.3. The minimum Gasteiger partial charge on any atom is -0.452 e. The molecule has 0 bridgehead atoms. The molecule has 2 rings (SSSR count). The molecule has 1 amide bonds. The Morgan fingerprint density at radius 2 is 1.81 bits per heavy atom. The van der Waals surface area contributed by atoms with Crippen LogP contribution < -0.4 is 11.1 Å². The van der Waals surface area contributed by atoms with E-state index in [1.165, 1.54) is 18.2 Å². The molecule has 0 fully saturated rings. The van der Waals surface area contributed by atoms with Gasteiger partial charge in [0.15, 0.2) is 6.61 Å². The average molecular weight is 370 g/mol. The molecule has 0 atom stereocenters. The number of nitrogens with one attached hydrogen (secondary N) is 1. The van der Waals surface area contributed by atoms with Crippen LogP contribution in [0.5, 0.6) is 0 Å². The number of rotatable bonds is 5.